The Labute approximate surface area is 222 Å². The van der Waals surface area contributed by atoms with Gasteiger partial charge in [0.25, 0.3) is 0 Å². The van der Waals surface area contributed by atoms with E-state index in [-0.39, 0.29) is 34.0 Å². The molecule has 3 aromatic rings. The molecule has 0 N–H and O–H groups in total. The van der Waals surface area contributed by atoms with Crippen molar-refractivity contribution in [2.24, 2.45) is 11.8 Å². The maximum atomic E-state index is 13.9. The van der Waals surface area contributed by atoms with Crippen LogP contribution in [0.2, 0.25) is 5.02 Å². The number of rotatable bonds is 4. The monoisotopic (exact) mass is 529 g/mol. The summed E-state index contributed by atoms with van der Waals surface area (Å²) in [5.41, 5.74) is -1.02. The van der Waals surface area contributed by atoms with Gasteiger partial charge in [-0.15, -0.1) is 0 Å². The quantitative estimate of drug-likeness (QED) is 0.283. The van der Waals surface area contributed by atoms with Gasteiger partial charge in [0, 0.05) is 11.1 Å². The molecule has 0 aromatic heterocycles. The van der Waals surface area contributed by atoms with Gasteiger partial charge in [-0.1, -0.05) is 60.1 Å². The van der Waals surface area contributed by atoms with Gasteiger partial charge >= 0.3 is 5.97 Å². The average molecular weight is 530 g/mol. The van der Waals surface area contributed by atoms with Crippen LogP contribution in [0.3, 0.4) is 0 Å². The van der Waals surface area contributed by atoms with Crippen LogP contribution in [0.25, 0.3) is 0 Å². The van der Waals surface area contributed by atoms with E-state index in [9.17, 15) is 24.0 Å². The summed E-state index contributed by atoms with van der Waals surface area (Å²) in [5, 5.41) is 0.173. The summed E-state index contributed by atoms with van der Waals surface area (Å²) in [4.78, 5) is 68.6. The normalized spacial score (nSPS) is 23.2. The number of amides is 2. The molecule has 3 aliphatic rings. The molecule has 9 heteroatoms. The van der Waals surface area contributed by atoms with Gasteiger partial charge in [0.2, 0.25) is 29.0 Å². The van der Waals surface area contributed by atoms with E-state index in [4.69, 9.17) is 21.1 Å². The van der Waals surface area contributed by atoms with Crippen LogP contribution in [0.4, 0.5) is 5.69 Å². The lowest BCUT2D eigenvalue weighted by atomic mass is 9.77. The van der Waals surface area contributed by atoms with Crippen LogP contribution in [0, 0.1) is 11.8 Å². The Kier molecular flexibility index (Phi) is 5.55. The minimum Gasteiger partial charge on any atom is -0.462 e. The van der Waals surface area contributed by atoms with Crippen LogP contribution in [0.1, 0.15) is 49.7 Å². The molecule has 190 valence electrons. The second kappa shape index (κ2) is 8.72. The van der Waals surface area contributed by atoms with E-state index in [0.717, 1.165) is 4.90 Å². The van der Waals surface area contributed by atoms with Gasteiger partial charge in [0.05, 0.1) is 40.8 Å². The number of ether oxygens (including phenoxy) is 2. The first-order chi connectivity index (χ1) is 18.3. The van der Waals surface area contributed by atoms with E-state index in [0.29, 0.717) is 5.56 Å². The van der Waals surface area contributed by atoms with Gasteiger partial charge in [-0.2, -0.15) is 0 Å². The topological polar surface area (TPSA) is 107 Å². The van der Waals surface area contributed by atoms with Crippen molar-refractivity contribution in [3.63, 3.8) is 0 Å². The highest BCUT2D eigenvalue weighted by atomic mass is 35.5. The Morgan fingerprint density at radius 2 is 1.50 bits per heavy atom. The average Bonchev–Trinajstić information content (AvgIpc) is 3.49. The van der Waals surface area contributed by atoms with E-state index in [2.05, 4.69) is 0 Å². The molecule has 1 spiro atoms. The molecule has 2 fully saturated rings. The predicted molar refractivity (Wildman–Crippen MR) is 135 cm³/mol. The highest BCUT2D eigenvalue weighted by Crippen LogP contribution is 2.58. The number of ketones is 2. The van der Waals surface area contributed by atoms with Crippen LogP contribution in [-0.2, 0) is 19.1 Å². The van der Waals surface area contributed by atoms with Gasteiger partial charge in [0.15, 0.2) is 0 Å². The minimum absolute atomic E-state index is 0.144. The number of para-hydroxylation sites is 1. The Morgan fingerprint density at radius 1 is 0.895 bits per heavy atom. The van der Waals surface area contributed by atoms with Gasteiger partial charge in [-0.05, 0) is 36.8 Å². The number of esters is 1. The fourth-order valence-corrected chi connectivity index (χ4v) is 5.93. The van der Waals surface area contributed by atoms with E-state index in [1.165, 1.54) is 30.3 Å². The smallest absolute Gasteiger partial charge is 0.338 e. The minimum atomic E-state index is -2.19. The molecule has 1 aliphatic carbocycles. The number of benzene rings is 3. The van der Waals surface area contributed by atoms with Crippen molar-refractivity contribution in [2.75, 3.05) is 11.5 Å². The summed E-state index contributed by atoms with van der Waals surface area (Å²) in [6.45, 7) is 1.90. The molecule has 38 heavy (non-hydrogen) atoms. The molecule has 8 nitrogen and oxygen atoms in total. The summed E-state index contributed by atoms with van der Waals surface area (Å²) >= 11 is 6.34. The van der Waals surface area contributed by atoms with Gasteiger partial charge < -0.3 is 9.47 Å². The third-order valence-electron chi connectivity index (χ3n) is 7.36. The molecular formula is C29H20ClNO7. The fourth-order valence-electron chi connectivity index (χ4n) is 5.71. The Morgan fingerprint density at radius 3 is 2.11 bits per heavy atom. The number of carbonyl (C=O) groups excluding carboxylic acids is 5. The van der Waals surface area contributed by atoms with Gasteiger partial charge in [-0.25, -0.2) is 9.69 Å². The third-order valence-corrected chi connectivity index (χ3v) is 7.68. The van der Waals surface area contributed by atoms with E-state index in [1.807, 2.05) is 0 Å². The maximum absolute atomic E-state index is 13.9. The summed E-state index contributed by atoms with van der Waals surface area (Å²) in [5.74, 6) is -5.74. The predicted octanol–water partition coefficient (Wildman–Crippen LogP) is 4.21. The lowest BCUT2D eigenvalue weighted by Gasteiger charge is -2.27. The van der Waals surface area contributed by atoms with Crippen LogP contribution in [0.15, 0.2) is 72.8 Å². The number of imide groups is 1. The van der Waals surface area contributed by atoms with Crippen molar-refractivity contribution in [1.29, 1.82) is 0 Å². The van der Waals surface area contributed by atoms with Gasteiger partial charge in [0.1, 0.15) is 0 Å². The second-order valence-electron chi connectivity index (χ2n) is 9.29. The van der Waals surface area contributed by atoms with E-state index >= 15 is 0 Å². The van der Waals surface area contributed by atoms with E-state index in [1.54, 1.807) is 49.4 Å². The molecule has 0 radical (unpaired) electrons. The molecule has 6 rings (SSSR count). The number of hydrogen-bond donors (Lipinski definition) is 0. The number of halogens is 1. The summed E-state index contributed by atoms with van der Waals surface area (Å²) in [7, 11) is 0. The lowest BCUT2D eigenvalue weighted by Crippen LogP contribution is -2.51. The first kappa shape index (κ1) is 24.2. The third kappa shape index (κ3) is 3.17. The molecule has 0 bridgehead atoms. The number of nitrogens with zero attached hydrogens (tertiary/aromatic N) is 1. The first-order valence-electron chi connectivity index (χ1n) is 12.1. The Bertz CT molecular complexity index is 1510. The summed E-state index contributed by atoms with van der Waals surface area (Å²) in [6, 6.07) is 18.8. The van der Waals surface area contributed by atoms with Crippen molar-refractivity contribution in [2.45, 2.75) is 18.6 Å². The fraction of sp³-hybridized carbons (Fsp3) is 0.207. The zero-order valence-electron chi connectivity index (χ0n) is 20.1. The maximum Gasteiger partial charge on any atom is 0.338 e. The zero-order valence-corrected chi connectivity index (χ0v) is 20.8. The molecule has 0 unspecified atom stereocenters. The SMILES string of the molecule is CCOC(=O)c1ccc([C@@H]2OC3(C(=O)c4ccccc4C3=O)[C@H]3C(=O)N(c4ccccc4Cl)C(=O)[C@@H]23)cc1. The standard InChI is InChI=1S/C29H20ClNO7/c1-2-37-28(36)16-13-11-15(12-14-16)23-21-22(27(35)31(26(21)34)20-10-6-5-9-19(20)30)29(38-23)24(32)17-7-3-4-8-18(17)25(29)33/h3-14,21-23H,2H2,1H3/t21-,22-,23+/m1/s1. The molecule has 3 aromatic carbocycles. The molecular weight excluding hydrogens is 510 g/mol. The lowest BCUT2D eigenvalue weighted by molar-refractivity contribution is -0.127. The number of Topliss-reactive ketones (excluding diaryl/α,β-unsaturated/α-hetero) is 2. The largest absolute Gasteiger partial charge is 0.462 e. The Hall–Kier alpha value is -4.14. The van der Waals surface area contributed by atoms with Crippen molar-refractivity contribution in [3.05, 3.63) is 100 Å². The van der Waals surface area contributed by atoms with Crippen molar-refractivity contribution >= 4 is 46.6 Å². The highest BCUT2D eigenvalue weighted by molar-refractivity contribution is 6.39. The molecule has 2 aliphatic heterocycles. The zero-order chi connectivity index (χ0) is 26.8. The van der Waals surface area contributed by atoms with Crippen molar-refractivity contribution < 1.29 is 33.4 Å². The molecule has 0 saturated carbocycles. The van der Waals surface area contributed by atoms with Crippen molar-refractivity contribution in [3.8, 4) is 0 Å². The number of anilines is 1. The first-order valence-corrected chi connectivity index (χ1v) is 12.4. The van der Waals surface area contributed by atoms with Crippen LogP contribution >= 0.6 is 11.6 Å². The van der Waals surface area contributed by atoms with Crippen LogP contribution in [-0.4, -0.2) is 41.6 Å². The van der Waals surface area contributed by atoms with E-state index < -0.39 is 52.9 Å². The molecule has 2 amide bonds. The Balaban J connectivity index is 1.50. The van der Waals surface area contributed by atoms with Crippen LogP contribution in [0.5, 0.6) is 0 Å². The molecule has 2 saturated heterocycles. The molecule has 2 heterocycles. The highest BCUT2D eigenvalue weighted by Gasteiger charge is 2.74. The molecule has 3 atom stereocenters. The number of carbonyl (C=O) groups is 5. The number of fused-ring (bicyclic) bond motifs is 3. The summed E-state index contributed by atoms with van der Waals surface area (Å²) < 4.78 is 11.3. The van der Waals surface area contributed by atoms with Crippen molar-refractivity contribution in [1.82, 2.24) is 0 Å². The van der Waals surface area contributed by atoms with Gasteiger partial charge in [-0.3, -0.25) is 19.2 Å². The summed E-state index contributed by atoms with van der Waals surface area (Å²) in [6.07, 6.45) is -1.11. The number of hydrogen-bond acceptors (Lipinski definition) is 7. The second-order valence-corrected chi connectivity index (χ2v) is 9.69. The van der Waals surface area contributed by atoms with Crippen LogP contribution < -0.4 is 4.90 Å².